The fourth-order valence-electron chi connectivity index (χ4n) is 1.61. The molecule has 2 heterocycles. The fourth-order valence-corrected chi connectivity index (χ4v) is 1.61. The van der Waals surface area contributed by atoms with Crippen molar-refractivity contribution in [3.05, 3.63) is 12.2 Å². The van der Waals surface area contributed by atoms with Gasteiger partial charge in [-0.25, -0.2) is 4.68 Å². The molecule has 0 saturated carbocycles. The van der Waals surface area contributed by atoms with Crippen LogP contribution in [0.3, 0.4) is 0 Å². The van der Waals surface area contributed by atoms with E-state index in [1.807, 2.05) is 7.05 Å². The summed E-state index contributed by atoms with van der Waals surface area (Å²) in [5.41, 5.74) is 1.26. The van der Waals surface area contributed by atoms with Crippen molar-refractivity contribution in [1.82, 2.24) is 20.2 Å². The average Bonchev–Trinajstić information content (AvgIpc) is 2.51. The number of anilines is 1. The van der Waals surface area contributed by atoms with Gasteiger partial charge >= 0.3 is 0 Å². The van der Waals surface area contributed by atoms with Gasteiger partial charge in [-0.2, -0.15) is 0 Å². The Morgan fingerprint density at radius 1 is 1.46 bits per heavy atom. The van der Waals surface area contributed by atoms with Gasteiger partial charge in [-0.3, -0.25) is 0 Å². The van der Waals surface area contributed by atoms with Crippen LogP contribution in [0.15, 0.2) is 12.2 Å². The van der Waals surface area contributed by atoms with Crippen LogP contribution in [0.4, 0.5) is 5.95 Å². The van der Waals surface area contributed by atoms with Crippen LogP contribution in [0.25, 0.3) is 0 Å². The summed E-state index contributed by atoms with van der Waals surface area (Å²) in [7, 11) is 1.85. The monoisotopic (exact) mass is 179 g/mol. The molecule has 1 fully saturated rings. The lowest BCUT2D eigenvalue weighted by atomic mass is 10.1. The molecule has 1 saturated heterocycles. The van der Waals surface area contributed by atoms with Crippen LogP contribution in [-0.2, 0) is 7.05 Å². The molecule has 1 aliphatic rings. The van der Waals surface area contributed by atoms with E-state index >= 15 is 0 Å². The molecule has 0 unspecified atom stereocenters. The third kappa shape index (κ3) is 1.54. The molecule has 5 heteroatoms. The van der Waals surface area contributed by atoms with Gasteiger partial charge in [0.05, 0.1) is 0 Å². The van der Waals surface area contributed by atoms with E-state index in [0.717, 1.165) is 31.9 Å². The predicted octanol–water partition coefficient (Wildman–Crippen LogP) is 0.366. The summed E-state index contributed by atoms with van der Waals surface area (Å²) in [6.45, 7) is 5.89. The van der Waals surface area contributed by atoms with E-state index in [4.69, 9.17) is 0 Å². The zero-order chi connectivity index (χ0) is 9.26. The Hall–Kier alpha value is -1.39. The van der Waals surface area contributed by atoms with Crippen molar-refractivity contribution in [2.75, 3.05) is 18.0 Å². The van der Waals surface area contributed by atoms with Crippen LogP contribution in [-0.4, -0.2) is 33.3 Å². The van der Waals surface area contributed by atoms with Crippen LogP contribution in [0, 0.1) is 0 Å². The van der Waals surface area contributed by atoms with Crippen LogP contribution in [0.5, 0.6) is 0 Å². The molecule has 0 aliphatic carbocycles. The number of aryl methyl sites for hydroxylation is 1. The van der Waals surface area contributed by atoms with Gasteiger partial charge in [0.25, 0.3) is 0 Å². The first-order chi connectivity index (χ1) is 6.27. The molecular weight excluding hydrogens is 166 g/mol. The summed E-state index contributed by atoms with van der Waals surface area (Å²) in [6.07, 6.45) is 2.27. The number of rotatable bonds is 1. The second kappa shape index (κ2) is 3.16. The van der Waals surface area contributed by atoms with E-state index in [2.05, 4.69) is 27.0 Å². The Bertz CT molecular complexity index is 316. The van der Waals surface area contributed by atoms with E-state index in [0.29, 0.717) is 0 Å². The van der Waals surface area contributed by atoms with Crippen molar-refractivity contribution in [3.63, 3.8) is 0 Å². The Balaban J connectivity index is 2.17. The molecule has 0 amide bonds. The van der Waals surface area contributed by atoms with E-state index in [1.54, 1.807) is 4.68 Å². The van der Waals surface area contributed by atoms with Crippen LogP contribution in [0.2, 0.25) is 0 Å². The summed E-state index contributed by atoms with van der Waals surface area (Å²) in [4.78, 5) is 2.16. The summed E-state index contributed by atoms with van der Waals surface area (Å²) in [6, 6.07) is 0. The van der Waals surface area contributed by atoms with Crippen molar-refractivity contribution in [2.45, 2.75) is 12.8 Å². The van der Waals surface area contributed by atoms with Gasteiger partial charge in [-0.15, -0.1) is 0 Å². The number of nitrogens with zero attached hydrogens (tertiary/aromatic N) is 5. The third-order valence-electron chi connectivity index (χ3n) is 2.25. The first kappa shape index (κ1) is 8.22. The first-order valence-electron chi connectivity index (χ1n) is 4.41. The molecule has 2 rings (SSSR count). The fraction of sp³-hybridized carbons (Fsp3) is 0.625. The molecule has 13 heavy (non-hydrogen) atoms. The molecule has 1 aliphatic heterocycles. The highest BCUT2D eigenvalue weighted by atomic mass is 15.6. The lowest BCUT2D eigenvalue weighted by Crippen LogP contribution is -2.32. The standard InChI is InChI=1S/C8H13N5/c1-7-4-3-5-13(6-7)8-9-10-11-12(8)2/h1,3-6H2,2H3. The molecule has 0 spiro atoms. The average molecular weight is 179 g/mol. The van der Waals surface area contributed by atoms with Crippen molar-refractivity contribution in [2.24, 2.45) is 7.05 Å². The topological polar surface area (TPSA) is 46.8 Å². The van der Waals surface area contributed by atoms with Crippen molar-refractivity contribution >= 4 is 5.95 Å². The van der Waals surface area contributed by atoms with E-state index in [1.165, 1.54) is 5.57 Å². The minimum absolute atomic E-state index is 0.834. The largest absolute Gasteiger partial charge is 0.336 e. The molecule has 1 aromatic rings. The normalized spacial score (nSPS) is 17.9. The third-order valence-corrected chi connectivity index (χ3v) is 2.25. The number of piperidine rings is 1. The number of tetrazole rings is 1. The first-order valence-corrected chi connectivity index (χ1v) is 4.41. The van der Waals surface area contributed by atoms with Gasteiger partial charge < -0.3 is 4.90 Å². The molecule has 1 aromatic heterocycles. The molecular formula is C8H13N5. The Morgan fingerprint density at radius 3 is 2.92 bits per heavy atom. The minimum Gasteiger partial charge on any atom is -0.336 e. The predicted molar refractivity (Wildman–Crippen MR) is 49.4 cm³/mol. The summed E-state index contributed by atoms with van der Waals surface area (Å²) in [5, 5.41) is 11.4. The molecule has 0 aromatic carbocycles. The lowest BCUT2D eigenvalue weighted by Gasteiger charge is -2.27. The summed E-state index contributed by atoms with van der Waals surface area (Å²) >= 11 is 0. The number of hydrogen-bond acceptors (Lipinski definition) is 4. The SMILES string of the molecule is C=C1CCCN(c2nnnn2C)C1. The number of hydrogen-bond donors (Lipinski definition) is 0. The van der Waals surface area contributed by atoms with Gasteiger partial charge in [0, 0.05) is 20.1 Å². The zero-order valence-electron chi connectivity index (χ0n) is 7.77. The highest BCUT2D eigenvalue weighted by Gasteiger charge is 2.17. The van der Waals surface area contributed by atoms with Crippen molar-refractivity contribution in [1.29, 1.82) is 0 Å². The van der Waals surface area contributed by atoms with Crippen LogP contribution in [0.1, 0.15) is 12.8 Å². The highest BCUT2D eigenvalue weighted by molar-refractivity contribution is 5.32. The molecule has 70 valence electrons. The summed E-state index contributed by atoms with van der Waals surface area (Å²) < 4.78 is 1.69. The van der Waals surface area contributed by atoms with Gasteiger partial charge in [0.1, 0.15) is 0 Å². The lowest BCUT2D eigenvalue weighted by molar-refractivity contribution is 0.634. The Morgan fingerprint density at radius 2 is 2.31 bits per heavy atom. The maximum Gasteiger partial charge on any atom is 0.245 e. The smallest absolute Gasteiger partial charge is 0.245 e. The maximum absolute atomic E-state index is 3.98. The molecule has 0 bridgehead atoms. The van der Waals surface area contributed by atoms with Gasteiger partial charge in [0.15, 0.2) is 0 Å². The molecule has 0 radical (unpaired) electrons. The minimum atomic E-state index is 0.834. The summed E-state index contributed by atoms with van der Waals surface area (Å²) in [5.74, 6) is 0.834. The number of aromatic nitrogens is 4. The second-order valence-corrected chi connectivity index (χ2v) is 3.38. The maximum atomic E-state index is 3.98. The second-order valence-electron chi connectivity index (χ2n) is 3.38. The van der Waals surface area contributed by atoms with E-state index in [9.17, 15) is 0 Å². The molecule has 0 N–H and O–H groups in total. The van der Waals surface area contributed by atoms with Gasteiger partial charge in [-0.05, 0) is 23.3 Å². The van der Waals surface area contributed by atoms with Crippen molar-refractivity contribution in [3.8, 4) is 0 Å². The van der Waals surface area contributed by atoms with Gasteiger partial charge in [-0.1, -0.05) is 17.3 Å². The quantitative estimate of drug-likeness (QED) is 0.584. The van der Waals surface area contributed by atoms with Crippen LogP contribution < -0.4 is 4.90 Å². The zero-order valence-corrected chi connectivity index (χ0v) is 7.77. The highest BCUT2D eigenvalue weighted by Crippen LogP contribution is 2.17. The molecule has 0 atom stereocenters. The van der Waals surface area contributed by atoms with E-state index < -0.39 is 0 Å². The van der Waals surface area contributed by atoms with E-state index in [-0.39, 0.29) is 0 Å². The van der Waals surface area contributed by atoms with Crippen molar-refractivity contribution < 1.29 is 0 Å². The van der Waals surface area contributed by atoms with Crippen LogP contribution >= 0.6 is 0 Å². The Labute approximate surface area is 77.0 Å². The Kier molecular flexibility index (Phi) is 2.00. The molecule has 5 nitrogen and oxygen atoms in total. The van der Waals surface area contributed by atoms with Gasteiger partial charge in [0.2, 0.25) is 5.95 Å².